The Labute approximate surface area is 89.9 Å². The number of aliphatic carboxylic acids is 1. The SMILES string of the molecule is Cc1cc(CBr)cc(CC(=O)O)c1F. The number of carboxylic acids is 1. The van der Waals surface area contributed by atoms with Gasteiger partial charge in [-0.1, -0.05) is 28.1 Å². The van der Waals surface area contributed by atoms with Gasteiger partial charge in [-0.05, 0) is 23.6 Å². The molecule has 0 unspecified atom stereocenters. The average molecular weight is 261 g/mol. The van der Waals surface area contributed by atoms with Crippen LogP contribution in [0.15, 0.2) is 12.1 Å². The minimum absolute atomic E-state index is 0.243. The predicted molar refractivity (Wildman–Crippen MR) is 55.1 cm³/mol. The molecule has 0 saturated heterocycles. The molecule has 14 heavy (non-hydrogen) atoms. The van der Waals surface area contributed by atoms with Gasteiger partial charge in [-0.3, -0.25) is 4.79 Å². The van der Waals surface area contributed by atoms with Crippen LogP contribution in [0.25, 0.3) is 0 Å². The molecule has 2 nitrogen and oxygen atoms in total. The average Bonchev–Trinajstić information content (AvgIpc) is 2.11. The maximum Gasteiger partial charge on any atom is 0.307 e. The Morgan fingerprint density at radius 3 is 2.71 bits per heavy atom. The number of carboxylic acid groups (broad SMARTS) is 1. The molecule has 1 aromatic rings. The van der Waals surface area contributed by atoms with Crippen LogP contribution in [-0.4, -0.2) is 11.1 Å². The van der Waals surface area contributed by atoms with Crippen molar-refractivity contribution in [1.29, 1.82) is 0 Å². The number of aryl methyl sites for hydroxylation is 1. The molecule has 0 aromatic heterocycles. The van der Waals surface area contributed by atoms with Crippen molar-refractivity contribution in [3.63, 3.8) is 0 Å². The van der Waals surface area contributed by atoms with Gasteiger partial charge in [0.2, 0.25) is 0 Å². The highest BCUT2D eigenvalue weighted by Gasteiger charge is 2.10. The van der Waals surface area contributed by atoms with Crippen molar-refractivity contribution in [3.05, 3.63) is 34.6 Å². The molecule has 0 heterocycles. The molecule has 4 heteroatoms. The van der Waals surface area contributed by atoms with E-state index in [1.807, 2.05) is 0 Å². The molecule has 0 spiro atoms. The van der Waals surface area contributed by atoms with Crippen LogP contribution in [0.4, 0.5) is 4.39 Å². The molecule has 0 saturated carbocycles. The van der Waals surface area contributed by atoms with Crippen molar-refractivity contribution < 1.29 is 14.3 Å². The largest absolute Gasteiger partial charge is 0.481 e. The summed E-state index contributed by atoms with van der Waals surface area (Å²) in [4.78, 5) is 10.5. The van der Waals surface area contributed by atoms with Crippen LogP contribution in [-0.2, 0) is 16.5 Å². The number of hydrogen-bond acceptors (Lipinski definition) is 1. The molecule has 0 aliphatic carbocycles. The number of alkyl halides is 1. The van der Waals surface area contributed by atoms with E-state index in [1.165, 1.54) is 0 Å². The van der Waals surface area contributed by atoms with Crippen molar-refractivity contribution in [2.45, 2.75) is 18.7 Å². The summed E-state index contributed by atoms with van der Waals surface area (Å²) in [5, 5.41) is 9.17. The molecule has 0 aliphatic heterocycles. The maximum atomic E-state index is 13.4. The lowest BCUT2D eigenvalue weighted by molar-refractivity contribution is -0.136. The number of carbonyl (C=O) groups is 1. The van der Waals surface area contributed by atoms with E-state index in [1.54, 1.807) is 19.1 Å². The van der Waals surface area contributed by atoms with Crippen molar-refractivity contribution in [2.75, 3.05) is 0 Å². The van der Waals surface area contributed by atoms with Gasteiger partial charge in [0, 0.05) is 5.33 Å². The van der Waals surface area contributed by atoms with Gasteiger partial charge in [0.05, 0.1) is 6.42 Å². The van der Waals surface area contributed by atoms with Gasteiger partial charge in [-0.25, -0.2) is 4.39 Å². The topological polar surface area (TPSA) is 37.3 Å². The fraction of sp³-hybridized carbons (Fsp3) is 0.300. The minimum atomic E-state index is -1.02. The van der Waals surface area contributed by atoms with E-state index in [0.29, 0.717) is 10.9 Å². The lowest BCUT2D eigenvalue weighted by atomic mass is 10.0. The second kappa shape index (κ2) is 4.55. The maximum absolute atomic E-state index is 13.4. The summed E-state index contributed by atoms with van der Waals surface area (Å²) in [5.74, 6) is -1.44. The van der Waals surface area contributed by atoms with Crippen molar-refractivity contribution >= 4 is 21.9 Å². The fourth-order valence-corrected chi connectivity index (χ4v) is 1.62. The molecular weight excluding hydrogens is 251 g/mol. The molecule has 0 fully saturated rings. The van der Waals surface area contributed by atoms with E-state index in [4.69, 9.17) is 5.11 Å². The first kappa shape index (κ1) is 11.2. The number of halogens is 2. The molecule has 0 atom stereocenters. The van der Waals surface area contributed by atoms with E-state index in [9.17, 15) is 9.18 Å². The summed E-state index contributed by atoms with van der Waals surface area (Å²) in [5.41, 5.74) is 1.62. The van der Waals surface area contributed by atoms with Gasteiger partial charge in [0.15, 0.2) is 0 Å². The monoisotopic (exact) mass is 260 g/mol. The molecular formula is C10H10BrFO2. The van der Waals surface area contributed by atoms with E-state index in [0.717, 1.165) is 5.56 Å². The van der Waals surface area contributed by atoms with Gasteiger partial charge in [0.1, 0.15) is 5.82 Å². The molecule has 1 rings (SSSR count). The highest BCUT2D eigenvalue weighted by molar-refractivity contribution is 9.08. The van der Waals surface area contributed by atoms with Crippen molar-refractivity contribution in [1.82, 2.24) is 0 Å². The molecule has 0 amide bonds. The Kier molecular flexibility index (Phi) is 3.63. The van der Waals surface area contributed by atoms with Crippen LogP contribution in [0.2, 0.25) is 0 Å². The van der Waals surface area contributed by atoms with E-state index in [-0.39, 0.29) is 12.0 Å². The summed E-state index contributed by atoms with van der Waals surface area (Å²) in [6, 6.07) is 3.28. The normalized spacial score (nSPS) is 10.2. The first-order chi connectivity index (χ1) is 6.54. The first-order valence-electron chi connectivity index (χ1n) is 4.10. The Bertz CT molecular complexity index is 363. The Hall–Kier alpha value is -0.900. The third-order valence-corrected chi connectivity index (χ3v) is 2.53. The Balaban J connectivity index is 3.13. The molecule has 0 aliphatic rings. The lowest BCUT2D eigenvalue weighted by Gasteiger charge is -2.06. The number of hydrogen-bond donors (Lipinski definition) is 1. The molecule has 0 bridgehead atoms. The number of rotatable bonds is 3. The first-order valence-corrected chi connectivity index (χ1v) is 5.22. The zero-order valence-corrected chi connectivity index (χ0v) is 9.27. The van der Waals surface area contributed by atoms with Gasteiger partial charge in [-0.2, -0.15) is 0 Å². The standard InChI is InChI=1S/C10H10BrFO2/c1-6-2-7(5-11)3-8(10(6)12)4-9(13)14/h2-3H,4-5H2,1H3,(H,13,14). The summed E-state index contributed by atoms with van der Waals surface area (Å²) >= 11 is 3.25. The van der Waals surface area contributed by atoms with E-state index >= 15 is 0 Å². The van der Waals surface area contributed by atoms with Crippen molar-refractivity contribution in [2.24, 2.45) is 0 Å². The zero-order chi connectivity index (χ0) is 10.7. The fourth-order valence-electron chi connectivity index (χ4n) is 1.29. The lowest BCUT2D eigenvalue weighted by Crippen LogP contribution is -2.04. The molecule has 1 N–H and O–H groups in total. The summed E-state index contributed by atoms with van der Waals surface area (Å²) < 4.78 is 13.4. The van der Waals surface area contributed by atoms with E-state index < -0.39 is 11.8 Å². The van der Waals surface area contributed by atoms with Crippen LogP contribution >= 0.6 is 15.9 Å². The van der Waals surface area contributed by atoms with Gasteiger partial charge >= 0.3 is 5.97 Å². The van der Waals surface area contributed by atoms with Crippen LogP contribution in [0.3, 0.4) is 0 Å². The quantitative estimate of drug-likeness (QED) is 0.849. The Morgan fingerprint density at radius 2 is 2.21 bits per heavy atom. The highest BCUT2D eigenvalue weighted by Crippen LogP contribution is 2.18. The van der Waals surface area contributed by atoms with Crippen LogP contribution in [0.5, 0.6) is 0 Å². The smallest absolute Gasteiger partial charge is 0.307 e. The summed E-state index contributed by atoms with van der Waals surface area (Å²) in [7, 11) is 0. The minimum Gasteiger partial charge on any atom is -0.481 e. The van der Waals surface area contributed by atoms with Crippen LogP contribution < -0.4 is 0 Å². The molecule has 76 valence electrons. The van der Waals surface area contributed by atoms with E-state index in [2.05, 4.69) is 15.9 Å². The van der Waals surface area contributed by atoms with Crippen molar-refractivity contribution in [3.8, 4) is 0 Å². The summed E-state index contributed by atoms with van der Waals surface area (Å²) in [6.45, 7) is 1.63. The Morgan fingerprint density at radius 1 is 1.57 bits per heavy atom. The van der Waals surface area contributed by atoms with Crippen LogP contribution in [0, 0.1) is 12.7 Å². The van der Waals surface area contributed by atoms with Gasteiger partial charge < -0.3 is 5.11 Å². The second-order valence-electron chi connectivity index (χ2n) is 3.09. The second-order valence-corrected chi connectivity index (χ2v) is 3.65. The molecule has 0 radical (unpaired) electrons. The third-order valence-electron chi connectivity index (χ3n) is 1.89. The summed E-state index contributed by atoms with van der Waals surface area (Å²) in [6.07, 6.45) is -0.270. The van der Waals surface area contributed by atoms with Gasteiger partial charge in [0.25, 0.3) is 0 Å². The third kappa shape index (κ3) is 2.54. The molecule has 1 aromatic carbocycles. The van der Waals surface area contributed by atoms with Gasteiger partial charge in [-0.15, -0.1) is 0 Å². The zero-order valence-electron chi connectivity index (χ0n) is 7.68. The number of benzene rings is 1. The van der Waals surface area contributed by atoms with Crippen LogP contribution in [0.1, 0.15) is 16.7 Å². The predicted octanol–water partition coefficient (Wildman–Crippen LogP) is 2.66. The highest BCUT2D eigenvalue weighted by atomic mass is 79.9.